The van der Waals surface area contributed by atoms with Crippen molar-refractivity contribution in [1.29, 1.82) is 0 Å². The van der Waals surface area contributed by atoms with Crippen molar-refractivity contribution in [2.75, 3.05) is 0 Å². The van der Waals surface area contributed by atoms with Gasteiger partial charge < -0.3 is 5.11 Å². The number of hydrogen-bond donors (Lipinski definition) is 1. The molecule has 0 fully saturated rings. The number of fused-ring (bicyclic) bond motifs is 4. The molecule has 4 aromatic rings. The molecule has 49 heavy (non-hydrogen) atoms. The minimum atomic E-state index is 0.0947. The predicted molar refractivity (Wildman–Crippen MR) is 201 cm³/mol. The van der Waals surface area contributed by atoms with Gasteiger partial charge in [0.2, 0.25) is 0 Å². The monoisotopic (exact) mass is 628 g/mol. The Morgan fingerprint density at radius 2 is 0.857 bits per heavy atom. The second kappa shape index (κ2) is 11.8. The molecule has 0 aromatic heterocycles. The van der Waals surface area contributed by atoms with Crippen LogP contribution in [0.1, 0.15) is 22.3 Å². The molecule has 0 atom stereocenters. The van der Waals surface area contributed by atoms with Gasteiger partial charge in [0.25, 0.3) is 0 Å². The standard InChI is InChI=1S/C44H28N4O/c49-44-37-27-35-24-22-33(46-35)25-32-21-23-34(45-32)26-36-38(28-13-5-1-6-14-28)39(29-15-7-2-8-16-29)42(47-36)40(30-17-9-3-10-18-30)43(48-37)41(44)31-19-11-4-12-20-31/h1-27,49H. The smallest absolute Gasteiger partial charge is 0.151 e. The largest absolute Gasteiger partial charge is 0.505 e. The molecule has 5 aliphatic heterocycles. The van der Waals surface area contributed by atoms with Gasteiger partial charge in [0.1, 0.15) is 5.71 Å². The van der Waals surface area contributed by atoms with Crippen molar-refractivity contribution in [3.05, 3.63) is 215 Å². The topological polar surface area (TPSA) is 69.7 Å². The zero-order valence-electron chi connectivity index (χ0n) is 26.3. The molecule has 9 rings (SSSR count). The third-order valence-corrected chi connectivity index (χ3v) is 8.88. The van der Waals surface area contributed by atoms with Crippen LogP contribution >= 0.6 is 0 Å². The summed E-state index contributed by atoms with van der Waals surface area (Å²) in [5, 5.41) is 12.0. The van der Waals surface area contributed by atoms with E-state index in [0.29, 0.717) is 22.7 Å². The lowest BCUT2D eigenvalue weighted by atomic mass is 9.85. The van der Waals surface area contributed by atoms with Gasteiger partial charge in [-0.25, -0.2) is 20.0 Å². The zero-order chi connectivity index (χ0) is 32.7. The maximum Gasteiger partial charge on any atom is 0.151 e. The second-order valence-electron chi connectivity index (χ2n) is 12.0. The third kappa shape index (κ3) is 5.14. The number of hydrogen-bond acceptors (Lipinski definition) is 5. The first kappa shape index (κ1) is 28.5. The molecular weight excluding hydrogens is 601 g/mol. The lowest BCUT2D eigenvalue weighted by molar-refractivity contribution is 0.448. The van der Waals surface area contributed by atoms with Gasteiger partial charge in [-0.05, 0) is 64.8 Å². The summed E-state index contributed by atoms with van der Waals surface area (Å²) in [7, 11) is 0. The van der Waals surface area contributed by atoms with E-state index in [4.69, 9.17) is 20.0 Å². The Morgan fingerprint density at radius 3 is 1.43 bits per heavy atom. The maximum absolute atomic E-state index is 12.0. The lowest BCUT2D eigenvalue weighted by Gasteiger charge is -2.17. The number of nitrogens with zero attached hydrogens (tertiary/aromatic N) is 4. The van der Waals surface area contributed by atoms with Crippen LogP contribution in [0.2, 0.25) is 0 Å². The highest BCUT2D eigenvalue weighted by molar-refractivity contribution is 6.52. The Balaban J connectivity index is 1.44. The van der Waals surface area contributed by atoms with Crippen LogP contribution in [0.3, 0.4) is 0 Å². The van der Waals surface area contributed by atoms with E-state index in [1.54, 1.807) is 0 Å². The summed E-state index contributed by atoms with van der Waals surface area (Å²) in [6.07, 6.45) is 13.7. The minimum absolute atomic E-state index is 0.0947. The zero-order valence-corrected chi connectivity index (χ0v) is 26.3. The van der Waals surface area contributed by atoms with E-state index < -0.39 is 0 Å². The summed E-state index contributed by atoms with van der Waals surface area (Å²) in [5.41, 5.74) is 13.0. The van der Waals surface area contributed by atoms with Crippen molar-refractivity contribution >= 4 is 45.1 Å². The van der Waals surface area contributed by atoms with E-state index in [0.717, 1.165) is 67.5 Å². The molecule has 5 heterocycles. The van der Waals surface area contributed by atoms with E-state index in [1.807, 2.05) is 97.1 Å². The van der Waals surface area contributed by atoms with Crippen LogP contribution in [0.5, 0.6) is 0 Å². The first-order chi connectivity index (χ1) is 24.2. The SMILES string of the molecule is OC1=C(c2ccccc2)C2=C(c3ccccc3)C3=NC(=CC4=NC(=CC5=NC(=CC1=N2)C=C5)C=C4)C(c1ccccc1)=C3c1ccccc1. The normalized spacial score (nSPS) is 17.9. The van der Waals surface area contributed by atoms with Crippen LogP contribution in [0.15, 0.2) is 212 Å². The first-order valence-electron chi connectivity index (χ1n) is 16.2. The molecule has 0 unspecified atom stereocenters. The molecule has 5 nitrogen and oxygen atoms in total. The van der Waals surface area contributed by atoms with Gasteiger partial charge in [-0.3, -0.25) is 0 Å². The van der Waals surface area contributed by atoms with Crippen molar-refractivity contribution < 1.29 is 5.11 Å². The Kier molecular flexibility index (Phi) is 6.87. The lowest BCUT2D eigenvalue weighted by Crippen LogP contribution is -2.07. The van der Waals surface area contributed by atoms with E-state index in [9.17, 15) is 5.11 Å². The number of benzene rings is 4. The summed E-state index contributed by atoms with van der Waals surface area (Å²) < 4.78 is 0. The fourth-order valence-electron chi connectivity index (χ4n) is 6.71. The van der Waals surface area contributed by atoms with Crippen molar-refractivity contribution in [1.82, 2.24) is 0 Å². The minimum Gasteiger partial charge on any atom is -0.505 e. The predicted octanol–water partition coefficient (Wildman–Crippen LogP) is 9.57. The Morgan fingerprint density at radius 1 is 0.388 bits per heavy atom. The molecule has 1 N–H and O–H groups in total. The fraction of sp³-hybridized carbons (Fsp3) is 0. The van der Waals surface area contributed by atoms with Crippen molar-refractivity contribution in [2.45, 2.75) is 0 Å². The van der Waals surface area contributed by atoms with E-state index in [-0.39, 0.29) is 5.76 Å². The van der Waals surface area contributed by atoms with Crippen LogP contribution in [0.4, 0.5) is 0 Å². The summed E-state index contributed by atoms with van der Waals surface area (Å²) >= 11 is 0. The summed E-state index contributed by atoms with van der Waals surface area (Å²) in [6, 6.07) is 40.9. The highest BCUT2D eigenvalue weighted by Gasteiger charge is 2.35. The summed E-state index contributed by atoms with van der Waals surface area (Å²) in [6.45, 7) is 0. The van der Waals surface area contributed by atoms with Crippen LogP contribution in [-0.2, 0) is 0 Å². The summed E-state index contributed by atoms with van der Waals surface area (Å²) in [5.74, 6) is 0.0947. The van der Waals surface area contributed by atoms with Crippen LogP contribution in [-0.4, -0.2) is 28.0 Å². The molecule has 5 aliphatic rings. The third-order valence-electron chi connectivity index (χ3n) is 8.88. The van der Waals surface area contributed by atoms with Crippen molar-refractivity contribution in [3.8, 4) is 0 Å². The molecule has 8 bridgehead atoms. The molecule has 0 radical (unpaired) electrons. The maximum atomic E-state index is 12.0. The average molecular weight is 629 g/mol. The number of aliphatic imine (C=N–C) groups is 4. The number of rotatable bonds is 4. The highest BCUT2D eigenvalue weighted by Crippen LogP contribution is 2.47. The van der Waals surface area contributed by atoms with E-state index >= 15 is 0 Å². The molecule has 0 saturated heterocycles. The van der Waals surface area contributed by atoms with Gasteiger partial charge in [0.15, 0.2) is 5.76 Å². The molecule has 230 valence electrons. The molecule has 0 amide bonds. The average Bonchev–Trinajstić information content (AvgIpc) is 3.94. The molecule has 0 spiro atoms. The summed E-state index contributed by atoms with van der Waals surface area (Å²) in [4.78, 5) is 20.5. The molecular formula is C44H28N4O. The Hall–Kier alpha value is -6.72. The van der Waals surface area contributed by atoms with Gasteiger partial charge in [-0.1, -0.05) is 121 Å². The van der Waals surface area contributed by atoms with Gasteiger partial charge in [0.05, 0.1) is 45.5 Å². The van der Waals surface area contributed by atoms with Crippen molar-refractivity contribution in [3.63, 3.8) is 0 Å². The van der Waals surface area contributed by atoms with Gasteiger partial charge in [-0.2, -0.15) is 0 Å². The molecule has 0 aliphatic carbocycles. The highest BCUT2D eigenvalue weighted by atomic mass is 16.3. The Labute approximate surface area is 284 Å². The number of allylic oxidation sites excluding steroid dienone is 11. The molecule has 4 aromatic carbocycles. The van der Waals surface area contributed by atoms with Crippen LogP contribution in [0.25, 0.3) is 22.3 Å². The van der Waals surface area contributed by atoms with Gasteiger partial charge >= 0.3 is 0 Å². The first-order valence-corrected chi connectivity index (χ1v) is 16.2. The number of aliphatic hydroxyl groups excluding tert-OH is 1. The fourth-order valence-corrected chi connectivity index (χ4v) is 6.71. The van der Waals surface area contributed by atoms with Gasteiger partial charge in [0, 0.05) is 16.7 Å². The van der Waals surface area contributed by atoms with Gasteiger partial charge in [-0.15, -0.1) is 0 Å². The Bertz CT molecular complexity index is 2430. The van der Waals surface area contributed by atoms with Crippen LogP contribution < -0.4 is 0 Å². The second-order valence-corrected chi connectivity index (χ2v) is 12.0. The number of aliphatic hydroxyl groups is 1. The molecule has 0 saturated carbocycles. The van der Waals surface area contributed by atoms with Crippen molar-refractivity contribution in [2.24, 2.45) is 20.0 Å². The van der Waals surface area contributed by atoms with E-state index in [1.165, 1.54) is 0 Å². The van der Waals surface area contributed by atoms with E-state index in [2.05, 4.69) is 66.7 Å². The molecule has 5 heteroatoms. The van der Waals surface area contributed by atoms with Crippen LogP contribution in [0, 0.1) is 0 Å². The quantitative estimate of drug-likeness (QED) is 0.240.